The minimum Gasteiger partial charge on any atom is -0.490 e. The number of ether oxygens (including phenoxy) is 2. The Labute approximate surface area is 221 Å². The number of rotatable bonds is 7. The van der Waals surface area contributed by atoms with E-state index in [1.165, 1.54) is 6.07 Å². The number of amidine groups is 1. The fraction of sp³-hybridized carbons (Fsp3) is 0.115. The van der Waals surface area contributed by atoms with Crippen LogP contribution in [0.1, 0.15) is 28.4 Å². The van der Waals surface area contributed by atoms with Crippen molar-refractivity contribution >= 4 is 58.0 Å². The first-order chi connectivity index (χ1) is 17.3. The quantitative estimate of drug-likeness (QED) is 0.343. The van der Waals surface area contributed by atoms with Gasteiger partial charge in [-0.05, 0) is 72.8 Å². The summed E-state index contributed by atoms with van der Waals surface area (Å²) in [5.74, 6) is -0.679. The van der Waals surface area contributed by atoms with E-state index >= 15 is 0 Å². The van der Waals surface area contributed by atoms with E-state index in [4.69, 9.17) is 32.7 Å². The van der Waals surface area contributed by atoms with Crippen molar-refractivity contribution in [1.29, 1.82) is 0 Å². The van der Waals surface area contributed by atoms with E-state index in [0.717, 1.165) is 11.8 Å². The molecule has 3 aromatic rings. The normalized spacial score (nSPS) is 15.3. The Morgan fingerprint density at radius 1 is 1.11 bits per heavy atom. The minimum absolute atomic E-state index is 0.0351. The summed E-state index contributed by atoms with van der Waals surface area (Å²) in [5.41, 5.74) is 1.30. The van der Waals surface area contributed by atoms with Crippen LogP contribution in [0.4, 0.5) is 4.39 Å². The average molecular weight is 545 g/mol. The third kappa shape index (κ3) is 6.26. The van der Waals surface area contributed by atoms with Crippen LogP contribution in [0.2, 0.25) is 10.0 Å². The maximum absolute atomic E-state index is 14.0. The number of hydrogen-bond acceptors (Lipinski definition) is 5. The third-order valence-electron chi connectivity index (χ3n) is 4.90. The standard InChI is InChI=1S/C26H19Cl2FN2O4S/c1-2-34-21-12-15(11-19(28)23(21)35-14-17-5-3-4-6-20(17)29)13-22-25(33)31-26(36-22)30-24(32)16-7-9-18(27)10-8-16/h3-13H,2,14H2,1H3,(H,30,31,32,33)/b22-13-. The zero-order chi connectivity index (χ0) is 25.7. The highest BCUT2D eigenvalue weighted by molar-refractivity contribution is 8.18. The van der Waals surface area contributed by atoms with Crippen LogP contribution in [0.5, 0.6) is 11.5 Å². The van der Waals surface area contributed by atoms with Crippen molar-refractivity contribution in [2.75, 3.05) is 6.61 Å². The fourth-order valence-corrected chi connectivity index (χ4v) is 4.44. The van der Waals surface area contributed by atoms with Gasteiger partial charge in [-0.1, -0.05) is 41.4 Å². The number of benzene rings is 3. The van der Waals surface area contributed by atoms with Gasteiger partial charge in [-0.3, -0.25) is 9.59 Å². The van der Waals surface area contributed by atoms with E-state index in [2.05, 4.69) is 10.3 Å². The molecular formula is C26H19Cl2FN2O4S. The molecule has 0 radical (unpaired) electrons. The van der Waals surface area contributed by atoms with E-state index < -0.39 is 11.8 Å². The molecule has 0 spiro atoms. The number of thioether (sulfide) groups is 1. The summed E-state index contributed by atoms with van der Waals surface area (Å²) in [5, 5.41) is 3.48. The van der Waals surface area contributed by atoms with Gasteiger partial charge in [0, 0.05) is 16.1 Å². The summed E-state index contributed by atoms with van der Waals surface area (Å²) in [6.45, 7) is 2.11. The average Bonchev–Trinajstić information content (AvgIpc) is 3.18. The summed E-state index contributed by atoms with van der Waals surface area (Å²) in [6, 6.07) is 15.8. The van der Waals surface area contributed by atoms with Crippen LogP contribution in [-0.4, -0.2) is 23.6 Å². The summed E-state index contributed by atoms with van der Waals surface area (Å²) in [7, 11) is 0. The molecule has 0 aliphatic carbocycles. The zero-order valence-electron chi connectivity index (χ0n) is 18.9. The molecule has 1 saturated heterocycles. The Kier molecular flexibility index (Phi) is 8.30. The smallest absolute Gasteiger partial charge is 0.279 e. The topological polar surface area (TPSA) is 77.0 Å². The predicted octanol–water partition coefficient (Wildman–Crippen LogP) is 6.51. The van der Waals surface area contributed by atoms with E-state index in [0.29, 0.717) is 39.0 Å². The SMILES string of the molecule is CCOc1cc(/C=C2\SC(=NC(=O)c3ccc(Cl)cc3)NC2=O)cc(Cl)c1OCc1ccccc1F. The molecule has 0 atom stereocenters. The number of carbonyl (C=O) groups excluding carboxylic acids is 2. The number of nitrogens with zero attached hydrogens (tertiary/aromatic N) is 1. The lowest BCUT2D eigenvalue weighted by Gasteiger charge is -2.15. The molecular weight excluding hydrogens is 526 g/mol. The van der Waals surface area contributed by atoms with Gasteiger partial charge in [0.05, 0.1) is 16.5 Å². The molecule has 2 amide bonds. The van der Waals surface area contributed by atoms with Crippen molar-refractivity contribution in [2.24, 2.45) is 4.99 Å². The van der Waals surface area contributed by atoms with E-state index in [-0.39, 0.29) is 28.4 Å². The summed E-state index contributed by atoms with van der Waals surface area (Å²) in [4.78, 5) is 29.1. The van der Waals surface area contributed by atoms with Crippen LogP contribution < -0.4 is 14.8 Å². The molecule has 1 aliphatic rings. The summed E-state index contributed by atoms with van der Waals surface area (Å²) >= 11 is 13.3. The van der Waals surface area contributed by atoms with Gasteiger partial charge in [-0.2, -0.15) is 4.99 Å². The lowest BCUT2D eigenvalue weighted by Crippen LogP contribution is -2.20. The Morgan fingerprint density at radius 2 is 1.86 bits per heavy atom. The van der Waals surface area contributed by atoms with Gasteiger partial charge in [-0.25, -0.2) is 4.39 Å². The first kappa shape index (κ1) is 25.8. The number of nitrogens with one attached hydrogen (secondary N) is 1. The maximum atomic E-state index is 14.0. The zero-order valence-corrected chi connectivity index (χ0v) is 21.2. The first-order valence-electron chi connectivity index (χ1n) is 10.8. The van der Waals surface area contributed by atoms with E-state index in [1.807, 2.05) is 0 Å². The molecule has 3 aromatic carbocycles. The van der Waals surface area contributed by atoms with Crippen LogP contribution in [-0.2, 0) is 11.4 Å². The third-order valence-corrected chi connectivity index (χ3v) is 6.35. The largest absolute Gasteiger partial charge is 0.490 e. The number of amides is 2. The molecule has 0 bridgehead atoms. The van der Waals surface area contributed by atoms with E-state index in [9.17, 15) is 14.0 Å². The van der Waals surface area contributed by atoms with Crippen molar-refractivity contribution in [3.05, 3.63) is 98.1 Å². The lowest BCUT2D eigenvalue weighted by molar-refractivity contribution is -0.115. The van der Waals surface area contributed by atoms with Gasteiger partial charge in [0.15, 0.2) is 16.7 Å². The van der Waals surface area contributed by atoms with Crippen LogP contribution in [0.3, 0.4) is 0 Å². The molecule has 184 valence electrons. The molecule has 0 unspecified atom stereocenters. The number of carbonyl (C=O) groups is 2. The van der Waals surface area contributed by atoms with Crippen molar-refractivity contribution in [2.45, 2.75) is 13.5 Å². The number of halogens is 3. The Hall–Kier alpha value is -3.33. The molecule has 0 aromatic heterocycles. The highest BCUT2D eigenvalue weighted by atomic mass is 35.5. The van der Waals surface area contributed by atoms with Crippen molar-refractivity contribution in [3.63, 3.8) is 0 Å². The van der Waals surface area contributed by atoms with Crippen molar-refractivity contribution in [3.8, 4) is 11.5 Å². The number of aliphatic imine (C=N–C) groups is 1. The monoisotopic (exact) mass is 544 g/mol. The van der Waals surface area contributed by atoms with Crippen LogP contribution in [0.15, 0.2) is 70.6 Å². The Balaban J connectivity index is 1.54. The number of hydrogen-bond donors (Lipinski definition) is 1. The van der Waals surface area contributed by atoms with Gasteiger partial charge in [0.25, 0.3) is 11.8 Å². The van der Waals surface area contributed by atoms with Gasteiger partial charge in [-0.15, -0.1) is 0 Å². The summed E-state index contributed by atoms with van der Waals surface area (Å²) < 4.78 is 25.4. The lowest BCUT2D eigenvalue weighted by atomic mass is 10.1. The molecule has 10 heteroatoms. The fourth-order valence-electron chi connectivity index (χ4n) is 3.22. The van der Waals surface area contributed by atoms with Gasteiger partial charge in [0.1, 0.15) is 12.4 Å². The van der Waals surface area contributed by atoms with Crippen molar-refractivity contribution in [1.82, 2.24) is 5.32 Å². The van der Waals surface area contributed by atoms with Crippen LogP contribution in [0, 0.1) is 5.82 Å². The van der Waals surface area contributed by atoms with Gasteiger partial charge >= 0.3 is 0 Å². The molecule has 1 heterocycles. The molecule has 4 rings (SSSR count). The highest BCUT2D eigenvalue weighted by Crippen LogP contribution is 2.39. The molecule has 0 saturated carbocycles. The van der Waals surface area contributed by atoms with Crippen LogP contribution >= 0.6 is 35.0 Å². The van der Waals surface area contributed by atoms with Crippen LogP contribution in [0.25, 0.3) is 6.08 Å². The molecule has 6 nitrogen and oxygen atoms in total. The van der Waals surface area contributed by atoms with Crippen molar-refractivity contribution < 1.29 is 23.5 Å². The second-order valence-electron chi connectivity index (χ2n) is 7.44. The Morgan fingerprint density at radius 3 is 2.58 bits per heavy atom. The van der Waals surface area contributed by atoms with Gasteiger partial charge < -0.3 is 14.8 Å². The first-order valence-corrected chi connectivity index (χ1v) is 12.3. The predicted molar refractivity (Wildman–Crippen MR) is 140 cm³/mol. The van der Waals surface area contributed by atoms with E-state index in [1.54, 1.807) is 67.6 Å². The minimum atomic E-state index is -0.506. The molecule has 36 heavy (non-hydrogen) atoms. The highest BCUT2D eigenvalue weighted by Gasteiger charge is 2.25. The van der Waals surface area contributed by atoms with Gasteiger partial charge in [0.2, 0.25) is 0 Å². The molecule has 1 fully saturated rings. The molecule has 1 aliphatic heterocycles. The maximum Gasteiger partial charge on any atom is 0.279 e. The molecule has 1 N–H and O–H groups in total. The summed E-state index contributed by atoms with van der Waals surface area (Å²) in [6.07, 6.45) is 1.60. The second-order valence-corrected chi connectivity index (χ2v) is 9.31. The second kappa shape index (κ2) is 11.6. The Bertz CT molecular complexity index is 1380.